The minimum atomic E-state index is -3.38. The van der Waals surface area contributed by atoms with Crippen LogP contribution in [0.4, 0.5) is 11.5 Å². The monoisotopic (exact) mass is 333 g/mol. The van der Waals surface area contributed by atoms with Gasteiger partial charge in [0.05, 0.1) is 17.6 Å². The van der Waals surface area contributed by atoms with Gasteiger partial charge in [0.15, 0.2) is 0 Å². The summed E-state index contributed by atoms with van der Waals surface area (Å²) in [7, 11) is -3.38. The Morgan fingerprint density at radius 3 is 2.30 bits per heavy atom. The van der Waals surface area contributed by atoms with Gasteiger partial charge in [0.1, 0.15) is 5.82 Å². The molecule has 0 aliphatic carbocycles. The molecule has 1 aromatic carbocycles. The molecule has 0 amide bonds. The number of sulfonamides is 1. The summed E-state index contributed by atoms with van der Waals surface area (Å²) in [6.07, 6.45) is 2.05. The Balaban J connectivity index is 1.97. The van der Waals surface area contributed by atoms with Crippen molar-refractivity contribution in [2.75, 3.05) is 28.5 Å². The summed E-state index contributed by atoms with van der Waals surface area (Å²) in [6, 6.07) is 13.2. The van der Waals surface area contributed by atoms with Crippen LogP contribution in [0.2, 0.25) is 0 Å². The summed E-state index contributed by atoms with van der Waals surface area (Å²) in [5, 5.41) is 0. The topological polar surface area (TPSA) is 62.3 Å². The second kappa shape index (κ2) is 7.97. The second-order valence-electron chi connectivity index (χ2n) is 5.23. The van der Waals surface area contributed by atoms with E-state index in [1.165, 1.54) is 0 Å². The SMILES string of the molecule is CCN(CC)c1ccc(NS(=O)(=O)CCc2ccccc2)cn1. The molecule has 1 N–H and O–H groups in total. The largest absolute Gasteiger partial charge is 0.357 e. The van der Waals surface area contributed by atoms with E-state index in [9.17, 15) is 8.42 Å². The number of aromatic nitrogens is 1. The van der Waals surface area contributed by atoms with Crippen LogP contribution in [0.25, 0.3) is 0 Å². The molecule has 1 heterocycles. The summed E-state index contributed by atoms with van der Waals surface area (Å²) < 4.78 is 26.9. The van der Waals surface area contributed by atoms with E-state index in [-0.39, 0.29) is 5.75 Å². The van der Waals surface area contributed by atoms with Crippen molar-refractivity contribution in [1.29, 1.82) is 0 Å². The number of anilines is 2. The van der Waals surface area contributed by atoms with Crippen LogP contribution in [0.3, 0.4) is 0 Å². The summed E-state index contributed by atoms with van der Waals surface area (Å²) in [5.74, 6) is 0.900. The summed E-state index contributed by atoms with van der Waals surface area (Å²) >= 11 is 0. The molecule has 0 spiro atoms. The van der Waals surface area contributed by atoms with E-state index in [0.29, 0.717) is 12.1 Å². The molecule has 0 bridgehead atoms. The highest BCUT2D eigenvalue weighted by Crippen LogP contribution is 2.15. The molecule has 124 valence electrons. The first-order valence-corrected chi connectivity index (χ1v) is 9.44. The third-order valence-corrected chi connectivity index (χ3v) is 4.90. The average Bonchev–Trinajstić information content (AvgIpc) is 2.56. The van der Waals surface area contributed by atoms with Gasteiger partial charge in [-0.05, 0) is 38.0 Å². The van der Waals surface area contributed by atoms with Gasteiger partial charge in [-0.15, -0.1) is 0 Å². The van der Waals surface area contributed by atoms with Crippen LogP contribution in [0, 0.1) is 0 Å². The van der Waals surface area contributed by atoms with E-state index in [1.807, 2.05) is 36.4 Å². The predicted molar refractivity (Wildman–Crippen MR) is 95.4 cm³/mol. The molecule has 2 rings (SSSR count). The van der Waals surface area contributed by atoms with Crippen molar-refractivity contribution >= 4 is 21.5 Å². The Morgan fingerprint density at radius 1 is 1.04 bits per heavy atom. The first-order chi connectivity index (χ1) is 11.0. The third kappa shape index (κ3) is 5.25. The smallest absolute Gasteiger partial charge is 0.233 e. The highest BCUT2D eigenvalue weighted by molar-refractivity contribution is 7.92. The molecular formula is C17H23N3O2S. The van der Waals surface area contributed by atoms with Gasteiger partial charge in [0.2, 0.25) is 10.0 Å². The first kappa shape index (κ1) is 17.3. The lowest BCUT2D eigenvalue weighted by Gasteiger charge is -2.19. The number of rotatable bonds is 8. The zero-order valence-corrected chi connectivity index (χ0v) is 14.4. The van der Waals surface area contributed by atoms with E-state index in [4.69, 9.17) is 0 Å². The van der Waals surface area contributed by atoms with Crippen molar-refractivity contribution in [3.05, 3.63) is 54.2 Å². The van der Waals surface area contributed by atoms with Crippen LogP contribution in [-0.4, -0.2) is 32.2 Å². The Morgan fingerprint density at radius 2 is 1.74 bits per heavy atom. The third-order valence-electron chi connectivity index (χ3n) is 3.61. The molecule has 0 fully saturated rings. The number of aryl methyl sites for hydroxylation is 1. The standard InChI is InChI=1S/C17H23N3O2S/c1-3-20(4-2)17-11-10-16(14-18-17)19-23(21,22)13-12-15-8-6-5-7-9-15/h5-11,14,19H,3-4,12-13H2,1-2H3. The van der Waals surface area contributed by atoms with Crippen molar-refractivity contribution in [3.63, 3.8) is 0 Å². The fourth-order valence-electron chi connectivity index (χ4n) is 2.31. The van der Waals surface area contributed by atoms with Crippen molar-refractivity contribution in [2.24, 2.45) is 0 Å². The summed E-state index contributed by atoms with van der Waals surface area (Å²) in [4.78, 5) is 6.43. The van der Waals surface area contributed by atoms with Crippen LogP contribution >= 0.6 is 0 Å². The van der Waals surface area contributed by atoms with E-state index < -0.39 is 10.0 Å². The molecule has 0 unspecified atom stereocenters. The molecule has 2 aromatic rings. The summed E-state index contributed by atoms with van der Waals surface area (Å²) in [5.41, 5.74) is 1.50. The van der Waals surface area contributed by atoms with Crippen molar-refractivity contribution in [1.82, 2.24) is 4.98 Å². The highest BCUT2D eigenvalue weighted by atomic mass is 32.2. The number of nitrogens with one attached hydrogen (secondary N) is 1. The van der Waals surface area contributed by atoms with Gasteiger partial charge in [-0.25, -0.2) is 13.4 Å². The second-order valence-corrected chi connectivity index (χ2v) is 7.08. The number of pyridine rings is 1. The van der Waals surface area contributed by atoms with Crippen molar-refractivity contribution in [2.45, 2.75) is 20.3 Å². The fraction of sp³-hybridized carbons (Fsp3) is 0.353. The highest BCUT2D eigenvalue weighted by Gasteiger charge is 2.11. The fourth-order valence-corrected chi connectivity index (χ4v) is 3.39. The van der Waals surface area contributed by atoms with Gasteiger partial charge >= 0.3 is 0 Å². The number of hydrogen-bond acceptors (Lipinski definition) is 4. The minimum absolute atomic E-state index is 0.0504. The van der Waals surface area contributed by atoms with Gasteiger partial charge in [0, 0.05) is 13.1 Å². The van der Waals surface area contributed by atoms with Crippen LogP contribution < -0.4 is 9.62 Å². The Kier molecular flexibility index (Phi) is 5.98. The van der Waals surface area contributed by atoms with Crippen LogP contribution in [0.5, 0.6) is 0 Å². The van der Waals surface area contributed by atoms with Crippen LogP contribution in [0.15, 0.2) is 48.7 Å². The van der Waals surface area contributed by atoms with E-state index >= 15 is 0 Å². The van der Waals surface area contributed by atoms with Crippen molar-refractivity contribution in [3.8, 4) is 0 Å². The lowest BCUT2D eigenvalue weighted by Crippen LogP contribution is -2.23. The molecule has 0 atom stereocenters. The molecule has 6 heteroatoms. The lowest BCUT2D eigenvalue weighted by molar-refractivity contribution is 0.600. The Hall–Kier alpha value is -2.08. The molecule has 0 aliphatic heterocycles. The molecule has 0 saturated carbocycles. The normalized spacial score (nSPS) is 11.2. The van der Waals surface area contributed by atoms with Gasteiger partial charge in [-0.3, -0.25) is 4.72 Å². The zero-order chi connectivity index (χ0) is 16.7. The molecular weight excluding hydrogens is 310 g/mol. The van der Waals surface area contributed by atoms with Gasteiger partial charge < -0.3 is 4.90 Å². The Labute approximate surface area is 138 Å². The van der Waals surface area contributed by atoms with Crippen LogP contribution in [0.1, 0.15) is 19.4 Å². The van der Waals surface area contributed by atoms with Gasteiger partial charge in [0.25, 0.3) is 0 Å². The molecule has 5 nitrogen and oxygen atoms in total. The first-order valence-electron chi connectivity index (χ1n) is 7.79. The number of nitrogens with zero attached hydrogens (tertiary/aromatic N) is 2. The lowest BCUT2D eigenvalue weighted by atomic mass is 10.2. The maximum Gasteiger partial charge on any atom is 0.233 e. The van der Waals surface area contributed by atoms with E-state index in [1.54, 1.807) is 12.3 Å². The molecule has 0 aliphatic rings. The molecule has 0 radical (unpaired) electrons. The number of benzene rings is 1. The predicted octanol–water partition coefficient (Wildman–Crippen LogP) is 2.91. The van der Waals surface area contributed by atoms with Crippen molar-refractivity contribution < 1.29 is 8.42 Å². The maximum absolute atomic E-state index is 12.2. The Bertz CT molecular complexity index is 696. The molecule has 0 saturated heterocycles. The molecule has 23 heavy (non-hydrogen) atoms. The summed E-state index contributed by atoms with van der Waals surface area (Å²) in [6.45, 7) is 5.86. The van der Waals surface area contributed by atoms with Crippen LogP contribution in [-0.2, 0) is 16.4 Å². The van der Waals surface area contributed by atoms with Gasteiger partial charge in [-0.2, -0.15) is 0 Å². The van der Waals surface area contributed by atoms with E-state index in [0.717, 1.165) is 24.5 Å². The van der Waals surface area contributed by atoms with E-state index in [2.05, 4.69) is 28.5 Å². The maximum atomic E-state index is 12.2. The quantitative estimate of drug-likeness (QED) is 0.807. The zero-order valence-electron chi connectivity index (χ0n) is 13.6. The molecule has 1 aromatic heterocycles. The average molecular weight is 333 g/mol. The minimum Gasteiger partial charge on any atom is -0.357 e. The van der Waals surface area contributed by atoms with Gasteiger partial charge in [-0.1, -0.05) is 30.3 Å². The number of hydrogen-bond donors (Lipinski definition) is 1.